The second kappa shape index (κ2) is 20.3. The van der Waals surface area contributed by atoms with Gasteiger partial charge in [0, 0.05) is 82.6 Å². The first kappa shape index (κ1) is 44.5. The number of rotatable bonds is 7. The maximum Gasteiger partial charge on any atom is 0.405 e. The number of amides is 4. The molecule has 2 bridgehead atoms. The summed E-state index contributed by atoms with van der Waals surface area (Å²) in [5.41, 5.74) is 6.90. The van der Waals surface area contributed by atoms with E-state index < -0.39 is 59.8 Å². The van der Waals surface area contributed by atoms with E-state index in [0.717, 1.165) is 24.7 Å². The van der Waals surface area contributed by atoms with E-state index in [0.29, 0.717) is 25.2 Å². The highest BCUT2D eigenvalue weighted by Gasteiger charge is 2.34. The quantitative estimate of drug-likeness (QED) is 0.233. The molecule has 1 saturated heterocycles. The molecule has 0 aromatic heterocycles. The summed E-state index contributed by atoms with van der Waals surface area (Å²) in [5.74, 6) is -3.39. The van der Waals surface area contributed by atoms with Crippen LogP contribution in [0.25, 0.3) is 0 Å². The smallest absolute Gasteiger partial charge is 0.405 e. The lowest BCUT2D eigenvalue weighted by Gasteiger charge is -2.34. The first-order valence-corrected chi connectivity index (χ1v) is 19.0. The summed E-state index contributed by atoms with van der Waals surface area (Å²) in [5, 5.41) is 16.7. The molecule has 2 aliphatic heterocycles. The van der Waals surface area contributed by atoms with Crippen molar-refractivity contribution >= 4 is 35.4 Å². The molecule has 4 rings (SSSR count). The van der Waals surface area contributed by atoms with Gasteiger partial charge in [-0.1, -0.05) is 50.3 Å². The summed E-state index contributed by atoms with van der Waals surface area (Å²) in [6, 6.07) is 6.95. The number of nitrogens with zero attached hydrogens (tertiary/aromatic N) is 2. The molecular weight excluding hydrogens is 734 g/mol. The van der Waals surface area contributed by atoms with Crippen LogP contribution in [0.4, 0.5) is 4.79 Å². The van der Waals surface area contributed by atoms with Crippen LogP contribution in [0.3, 0.4) is 0 Å². The standard InChI is InChI=1S/C42H55N5O10/c1-24-19-31-36(45-41(53)30-13-11-29(12-14-30)23-46-15-17-47(18-16-46)28(5)48)33(49)22-32(38(31)51)44-40(52)25(2)9-8-10-34(55-6)39(57-42(43)54)27(4)21-26(3)37(50)35(20-24)56-7/h8-14,21-22,24,26,34-35,37,39,50H,15-20,23H2,1-7H3,(H2,43,54)(H,44,52)(H,45,53)/b10-8-,25-9-,27-21-/t24-,26+,34-,35-,37+,39-/m1/s1. The molecule has 6 atom stereocenters. The summed E-state index contributed by atoms with van der Waals surface area (Å²) in [7, 11) is 2.87. The highest BCUT2D eigenvalue weighted by molar-refractivity contribution is 6.24. The number of benzene rings is 1. The van der Waals surface area contributed by atoms with Crippen LogP contribution in [0.1, 0.15) is 63.4 Å². The predicted octanol–water partition coefficient (Wildman–Crippen LogP) is 2.86. The van der Waals surface area contributed by atoms with Gasteiger partial charge in [0.05, 0.1) is 23.6 Å². The van der Waals surface area contributed by atoms with E-state index in [1.807, 2.05) is 24.0 Å². The molecule has 2 heterocycles. The first-order chi connectivity index (χ1) is 27.0. The van der Waals surface area contributed by atoms with E-state index in [4.69, 9.17) is 19.9 Å². The molecule has 308 valence electrons. The molecule has 0 unspecified atom stereocenters. The van der Waals surface area contributed by atoms with Gasteiger partial charge >= 0.3 is 6.09 Å². The van der Waals surface area contributed by atoms with Crippen molar-refractivity contribution in [2.24, 2.45) is 17.6 Å². The lowest BCUT2D eigenvalue weighted by molar-refractivity contribution is -0.130. The zero-order valence-electron chi connectivity index (χ0n) is 33.7. The summed E-state index contributed by atoms with van der Waals surface area (Å²) in [6.45, 7) is 11.8. The number of hydrogen-bond acceptors (Lipinski definition) is 11. The number of carbonyl (C=O) groups excluding carboxylic acids is 6. The number of nitrogens with two attached hydrogens (primary N) is 1. The van der Waals surface area contributed by atoms with Crippen molar-refractivity contribution in [1.29, 1.82) is 0 Å². The van der Waals surface area contributed by atoms with Crippen LogP contribution in [0, 0.1) is 11.8 Å². The molecule has 4 amide bonds. The van der Waals surface area contributed by atoms with Crippen molar-refractivity contribution in [1.82, 2.24) is 20.4 Å². The highest BCUT2D eigenvalue weighted by Crippen LogP contribution is 2.29. The second-order valence-corrected chi connectivity index (χ2v) is 14.9. The molecule has 15 heteroatoms. The summed E-state index contributed by atoms with van der Waals surface area (Å²) in [4.78, 5) is 82.2. The van der Waals surface area contributed by atoms with Gasteiger partial charge < -0.3 is 40.6 Å². The third-order valence-corrected chi connectivity index (χ3v) is 10.5. The fourth-order valence-electron chi connectivity index (χ4n) is 7.15. The van der Waals surface area contributed by atoms with E-state index in [2.05, 4.69) is 15.5 Å². The van der Waals surface area contributed by atoms with Gasteiger partial charge in [-0.25, -0.2) is 4.79 Å². The van der Waals surface area contributed by atoms with Gasteiger partial charge in [0.25, 0.3) is 11.8 Å². The van der Waals surface area contributed by atoms with Crippen LogP contribution < -0.4 is 16.4 Å². The molecule has 0 spiro atoms. The summed E-state index contributed by atoms with van der Waals surface area (Å²) < 4.78 is 16.7. The number of ether oxygens (including phenoxy) is 3. The SMILES string of the molecule is CO[C@@H]1/C=C\C=C(\C)C(=O)NC2=CC(=O)C(NC(=O)c3ccc(CN4CCN(C(C)=O)CC4)cc3)=C(C[C@@H](C)C[C@@H](OC)[C@@H](O)[C@@H](C)/C=C(/C)[C@H]1OC(N)=O)C2=O. The van der Waals surface area contributed by atoms with Gasteiger partial charge in [-0.05, 0) is 55.9 Å². The molecule has 1 aliphatic carbocycles. The number of Topliss-reactive ketones (excluding diaryl/α,β-unsaturated/α-hetero) is 1. The van der Waals surface area contributed by atoms with Gasteiger partial charge in [0.1, 0.15) is 6.10 Å². The Kier molecular flexibility index (Phi) is 15.8. The van der Waals surface area contributed by atoms with Crippen molar-refractivity contribution < 1.29 is 48.1 Å². The fraction of sp³-hybridized carbons (Fsp3) is 0.476. The number of methoxy groups -OCH3 is 2. The van der Waals surface area contributed by atoms with Crippen molar-refractivity contribution in [3.63, 3.8) is 0 Å². The predicted molar refractivity (Wildman–Crippen MR) is 211 cm³/mol. The highest BCUT2D eigenvalue weighted by atomic mass is 16.6. The Morgan fingerprint density at radius 3 is 2.26 bits per heavy atom. The van der Waals surface area contributed by atoms with Crippen molar-refractivity contribution in [2.45, 2.75) is 78.4 Å². The van der Waals surface area contributed by atoms with E-state index in [-0.39, 0.29) is 52.8 Å². The molecule has 57 heavy (non-hydrogen) atoms. The summed E-state index contributed by atoms with van der Waals surface area (Å²) >= 11 is 0. The number of hydrogen-bond donors (Lipinski definition) is 4. The number of allylic oxidation sites excluding steroid dienone is 4. The number of ketones is 2. The maximum absolute atomic E-state index is 14.1. The number of aliphatic hydroxyl groups is 1. The van der Waals surface area contributed by atoms with E-state index in [1.165, 1.54) is 33.3 Å². The third-order valence-electron chi connectivity index (χ3n) is 10.5. The van der Waals surface area contributed by atoms with Crippen LogP contribution in [0.2, 0.25) is 0 Å². The molecule has 0 radical (unpaired) electrons. The largest absolute Gasteiger partial charge is 0.439 e. The van der Waals surface area contributed by atoms with Crippen LogP contribution in [-0.2, 0) is 39.9 Å². The Morgan fingerprint density at radius 2 is 1.67 bits per heavy atom. The van der Waals surface area contributed by atoms with Crippen LogP contribution >= 0.6 is 0 Å². The van der Waals surface area contributed by atoms with Gasteiger partial charge in [-0.2, -0.15) is 0 Å². The molecule has 15 nitrogen and oxygen atoms in total. The van der Waals surface area contributed by atoms with Gasteiger partial charge in [-0.15, -0.1) is 0 Å². The average Bonchev–Trinajstić information content (AvgIpc) is 3.17. The van der Waals surface area contributed by atoms with Crippen LogP contribution in [-0.4, -0.2) is 115 Å². The van der Waals surface area contributed by atoms with Gasteiger partial charge in [0.2, 0.25) is 17.5 Å². The third kappa shape index (κ3) is 11.9. The minimum atomic E-state index is -1.05. The summed E-state index contributed by atoms with van der Waals surface area (Å²) in [6.07, 6.45) is 2.91. The number of carbonyl (C=O) groups is 6. The van der Waals surface area contributed by atoms with Gasteiger partial charge in [-0.3, -0.25) is 28.9 Å². The number of aliphatic hydroxyl groups excluding tert-OH is 1. The molecule has 0 saturated carbocycles. The van der Waals surface area contributed by atoms with Crippen molar-refractivity contribution in [3.8, 4) is 0 Å². The second-order valence-electron chi connectivity index (χ2n) is 14.9. The van der Waals surface area contributed by atoms with Crippen LogP contribution in [0.5, 0.6) is 0 Å². The zero-order valence-corrected chi connectivity index (χ0v) is 33.7. The fourth-order valence-corrected chi connectivity index (χ4v) is 7.15. The van der Waals surface area contributed by atoms with Crippen molar-refractivity contribution in [3.05, 3.63) is 93.9 Å². The Hall–Kier alpha value is -5.22. The lowest BCUT2D eigenvalue weighted by Crippen LogP contribution is -2.47. The van der Waals surface area contributed by atoms with Crippen LogP contribution in [0.15, 0.2) is 82.8 Å². The van der Waals surface area contributed by atoms with Gasteiger partial charge in [0.15, 0.2) is 6.10 Å². The van der Waals surface area contributed by atoms with Crippen molar-refractivity contribution in [2.75, 3.05) is 40.4 Å². The Labute approximate surface area is 333 Å². The minimum Gasteiger partial charge on any atom is -0.439 e. The maximum atomic E-state index is 14.1. The molecule has 1 aromatic carbocycles. The number of fused-ring (bicyclic) bond motifs is 2. The lowest BCUT2D eigenvalue weighted by atomic mass is 9.85. The molecule has 5 N–H and O–H groups in total. The molecule has 1 fully saturated rings. The minimum absolute atomic E-state index is 0.000653. The molecule has 3 aliphatic rings. The Balaban J connectivity index is 1.64. The topological polar surface area (TPSA) is 207 Å². The van der Waals surface area contributed by atoms with E-state index in [9.17, 15) is 33.9 Å². The van der Waals surface area contributed by atoms with E-state index >= 15 is 0 Å². The zero-order chi connectivity index (χ0) is 42.0. The average molecular weight is 790 g/mol. The Bertz CT molecular complexity index is 1860. The number of piperazine rings is 1. The normalized spacial score (nSPS) is 28.3. The Morgan fingerprint density at radius 1 is 1.00 bits per heavy atom. The number of nitrogens with one attached hydrogen (secondary N) is 2. The van der Waals surface area contributed by atoms with E-state index in [1.54, 1.807) is 45.1 Å². The first-order valence-electron chi connectivity index (χ1n) is 19.0. The monoisotopic (exact) mass is 789 g/mol. The number of primary amides is 1. The molecular formula is C42H55N5O10. The molecule has 1 aromatic rings.